The molecule has 0 aromatic rings. The van der Waals surface area contributed by atoms with Crippen molar-refractivity contribution in [3.63, 3.8) is 0 Å². The Hall–Kier alpha value is 0.230. The van der Waals surface area contributed by atoms with Crippen molar-refractivity contribution in [2.75, 3.05) is 0 Å². The molecule has 0 aromatic carbocycles. The molecule has 50 valence electrons. The van der Waals surface area contributed by atoms with Gasteiger partial charge in [0, 0.05) is 0 Å². The first-order valence-corrected chi connectivity index (χ1v) is 2.72. The summed E-state index contributed by atoms with van der Waals surface area (Å²) in [6.45, 7) is 1.24. The fourth-order valence-electron chi connectivity index (χ4n) is 0.184. The van der Waals surface area contributed by atoms with Crippen molar-refractivity contribution in [3.8, 4) is 0 Å². The predicted octanol–water partition coefficient (Wildman–Crippen LogP) is 2.26. The van der Waals surface area contributed by atoms with E-state index in [2.05, 4.69) is 20.7 Å². The maximum Gasteiger partial charge on any atom is 0.523 e. The molecule has 0 rings (SSSR count). The van der Waals surface area contributed by atoms with Crippen LogP contribution in [0.15, 0.2) is 0 Å². The Morgan fingerprint density at radius 3 is 1.88 bits per heavy atom. The molecular formula is C3H4BrF3O. The summed E-state index contributed by atoms with van der Waals surface area (Å²) in [5, 5.41) is -0.970. The molecule has 0 saturated heterocycles. The van der Waals surface area contributed by atoms with Gasteiger partial charge in [-0.1, -0.05) is 15.9 Å². The summed E-state index contributed by atoms with van der Waals surface area (Å²) in [6, 6.07) is 0. The van der Waals surface area contributed by atoms with Gasteiger partial charge in [-0.25, -0.2) is 0 Å². The van der Waals surface area contributed by atoms with Crippen LogP contribution in [-0.2, 0) is 4.74 Å². The minimum absolute atomic E-state index is 0.970. The molecule has 0 bridgehead atoms. The molecule has 8 heavy (non-hydrogen) atoms. The Balaban J connectivity index is 3.39. The zero-order chi connectivity index (χ0) is 6.78. The van der Waals surface area contributed by atoms with E-state index in [-0.39, 0.29) is 0 Å². The summed E-state index contributed by atoms with van der Waals surface area (Å²) >= 11 is 2.57. The molecule has 0 fully saturated rings. The molecule has 5 heteroatoms. The van der Waals surface area contributed by atoms with Gasteiger partial charge in [-0.05, 0) is 6.92 Å². The van der Waals surface area contributed by atoms with Gasteiger partial charge < -0.3 is 0 Å². The van der Waals surface area contributed by atoms with Gasteiger partial charge in [0.2, 0.25) is 0 Å². The Bertz CT molecular complexity index is 69.4. The van der Waals surface area contributed by atoms with Gasteiger partial charge in [0.05, 0.1) is 0 Å². The molecule has 1 atom stereocenters. The molecule has 0 aliphatic carbocycles. The average molecular weight is 193 g/mol. The van der Waals surface area contributed by atoms with Crippen LogP contribution in [0.1, 0.15) is 6.92 Å². The number of rotatable bonds is 1. The van der Waals surface area contributed by atoms with Crippen LogP contribution in [0, 0.1) is 0 Å². The molecule has 0 aromatic heterocycles. The van der Waals surface area contributed by atoms with Crippen molar-refractivity contribution in [1.82, 2.24) is 0 Å². The van der Waals surface area contributed by atoms with E-state index < -0.39 is 11.4 Å². The normalized spacial score (nSPS) is 16.1. The molecule has 1 nitrogen and oxygen atoms in total. The lowest BCUT2D eigenvalue weighted by Gasteiger charge is -2.07. The molecular weight excluding hydrogens is 189 g/mol. The van der Waals surface area contributed by atoms with E-state index in [0.29, 0.717) is 0 Å². The van der Waals surface area contributed by atoms with Gasteiger partial charge in [0.25, 0.3) is 0 Å². The maximum absolute atomic E-state index is 11.1. The number of ether oxygens (including phenoxy) is 1. The van der Waals surface area contributed by atoms with Crippen molar-refractivity contribution in [2.45, 2.75) is 18.3 Å². The highest BCUT2D eigenvalue weighted by atomic mass is 79.9. The van der Waals surface area contributed by atoms with Crippen molar-refractivity contribution in [3.05, 3.63) is 0 Å². The van der Waals surface area contributed by atoms with Crippen LogP contribution in [0.2, 0.25) is 0 Å². The summed E-state index contributed by atoms with van der Waals surface area (Å²) in [4.78, 5) is 0. The molecule has 0 spiro atoms. The van der Waals surface area contributed by atoms with Crippen molar-refractivity contribution in [1.29, 1.82) is 0 Å². The van der Waals surface area contributed by atoms with Gasteiger partial charge in [-0.15, -0.1) is 13.2 Å². The first-order valence-electron chi connectivity index (χ1n) is 1.80. The lowest BCUT2D eigenvalue weighted by Crippen LogP contribution is -2.16. The van der Waals surface area contributed by atoms with Crippen LogP contribution in [0.5, 0.6) is 0 Å². The molecule has 0 heterocycles. The molecule has 0 radical (unpaired) electrons. The number of halogens is 4. The second-order valence-electron chi connectivity index (χ2n) is 1.11. The Kier molecular flexibility index (Phi) is 2.76. The topological polar surface area (TPSA) is 9.23 Å². The Labute approximate surface area is 52.9 Å². The highest BCUT2D eigenvalue weighted by Crippen LogP contribution is 2.20. The molecule has 0 amide bonds. The highest BCUT2D eigenvalue weighted by Gasteiger charge is 2.30. The first kappa shape index (κ1) is 8.23. The van der Waals surface area contributed by atoms with Crippen LogP contribution in [0.25, 0.3) is 0 Å². The monoisotopic (exact) mass is 192 g/mol. The van der Waals surface area contributed by atoms with E-state index in [1.54, 1.807) is 0 Å². The highest BCUT2D eigenvalue weighted by molar-refractivity contribution is 9.09. The largest absolute Gasteiger partial charge is 0.523 e. The lowest BCUT2D eigenvalue weighted by atomic mass is 10.9. The number of hydrogen-bond acceptors (Lipinski definition) is 1. The summed E-state index contributed by atoms with van der Waals surface area (Å²) in [5.74, 6) is 0. The predicted molar refractivity (Wildman–Crippen MR) is 25.5 cm³/mol. The first-order chi connectivity index (χ1) is 3.42. The summed E-state index contributed by atoms with van der Waals surface area (Å²) < 4.78 is 36.5. The standard InChI is InChI=1S/C3H4BrF3O/c1-2(4)8-3(5,6)7/h2H,1H3. The molecule has 0 N–H and O–H groups in total. The minimum atomic E-state index is -4.52. The third-order valence-electron chi connectivity index (χ3n) is 0.296. The van der Waals surface area contributed by atoms with E-state index >= 15 is 0 Å². The van der Waals surface area contributed by atoms with Crippen LogP contribution >= 0.6 is 15.9 Å². The van der Waals surface area contributed by atoms with E-state index in [1.165, 1.54) is 6.92 Å². The molecule has 0 aliphatic rings. The van der Waals surface area contributed by atoms with Crippen molar-refractivity contribution in [2.24, 2.45) is 0 Å². The summed E-state index contributed by atoms with van der Waals surface area (Å²) in [6.07, 6.45) is -4.52. The Morgan fingerprint density at radius 1 is 1.50 bits per heavy atom. The minimum Gasteiger partial charge on any atom is -0.277 e. The number of hydrogen-bond donors (Lipinski definition) is 0. The number of alkyl halides is 4. The van der Waals surface area contributed by atoms with Crippen LogP contribution in [-0.4, -0.2) is 11.4 Å². The SMILES string of the molecule is CC(Br)OC(F)(F)F. The molecule has 0 aliphatic heterocycles. The zero-order valence-electron chi connectivity index (χ0n) is 4.00. The van der Waals surface area contributed by atoms with Gasteiger partial charge in [-0.2, -0.15) is 0 Å². The third-order valence-corrected chi connectivity index (χ3v) is 0.483. The summed E-state index contributed by atoms with van der Waals surface area (Å²) in [7, 11) is 0. The summed E-state index contributed by atoms with van der Waals surface area (Å²) in [5.41, 5.74) is 0. The lowest BCUT2D eigenvalue weighted by molar-refractivity contribution is -0.327. The van der Waals surface area contributed by atoms with Gasteiger partial charge >= 0.3 is 6.36 Å². The van der Waals surface area contributed by atoms with Gasteiger partial charge in [0.15, 0.2) is 0 Å². The van der Waals surface area contributed by atoms with Gasteiger partial charge in [-0.3, -0.25) is 4.74 Å². The molecule has 0 saturated carbocycles. The average Bonchev–Trinajstić information content (AvgIpc) is 1.21. The zero-order valence-corrected chi connectivity index (χ0v) is 5.58. The second kappa shape index (κ2) is 2.68. The third kappa shape index (κ3) is 6.23. The second-order valence-corrected chi connectivity index (χ2v) is 2.40. The van der Waals surface area contributed by atoms with Crippen molar-refractivity contribution < 1.29 is 17.9 Å². The van der Waals surface area contributed by atoms with Gasteiger partial charge in [0.1, 0.15) is 5.01 Å². The van der Waals surface area contributed by atoms with Crippen LogP contribution in [0.3, 0.4) is 0 Å². The molecule has 1 unspecified atom stereocenters. The fourth-order valence-corrected chi connectivity index (χ4v) is 0.396. The van der Waals surface area contributed by atoms with Crippen LogP contribution < -0.4 is 0 Å². The van der Waals surface area contributed by atoms with Crippen molar-refractivity contribution >= 4 is 15.9 Å². The van der Waals surface area contributed by atoms with E-state index in [9.17, 15) is 13.2 Å². The van der Waals surface area contributed by atoms with E-state index in [1.807, 2.05) is 0 Å². The van der Waals surface area contributed by atoms with E-state index in [4.69, 9.17) is 0 Å². The van der Waals surface area contributed by atoms with E-state index in [0.717, 1.165) is 0 Å². The maximum atomic E-state index is 11.1. The smallest absolute Gasteiger partial charge is 0.277 e. The quantitative estimate of drug-likeness (QED) is 0.580. The van der Waals surface area contributed by atoms with Crippen LogP contribution in [0.4, 0.5) is 13.2 Å². The fraction of sp³-hybridized carbons (Fsp3) is 1.00. The Morgan fingerprint density at radius 2 is 1.88 bits per heavy atom.